The van der Waals surface area contributed by atoms with Crippen LogP contribution in [0, 0.1) is 5.82 Å². The van der Waals surface area contributed by atoms with Crippen molar-refractivity contribution in [2.24, 2.45) is 0 Å². The number of ether oxygens (including phenoxy) is 1. The lowest BCUT2D eigenvalue weighted by Crippen LogP contribution is -2.43. The maximum Gasteiger partial charge on any atom is 0.123 e. The van der Waals surface area contributed by atoms with E-state index in [0.29, 0.717) is 11.9 Å². The number of hydrogen-bond acceptors (Lipinski definition) is 2. The molecule has 2 nitrogen and oxygen atoms in total. The molecule has 0 amide bonds. The van der Waals surface area contributed by atoms with Gasteiger partial charge in [0.2, 0.25) is 0 Å². The maximum atomic E-state index is 13.3. The number of fused-ring (bicyclic) bond motifs is 1. The van der Waals surface area contributed by atoms with Gasteiger partial charge < -0.3 is 4.74 Å². The quantitative estimate of drug-likeness (QED) is 0.762. The molecule has 1 aliphatic carbocycles. The van der Waals surface area contributed by atoms with Crippen molar-refractivity contribution < 1.29 is 9.13 Å². The first-order valence-electron chi connectivity index (χ1n) is 8.01. The highest BCUT2D eigenvalue weighted by atomic mass is 35.5. The van der Waals surface area contributed by atoms with Crippen LogP contribution in [0.1, 0.15) is 37.7 Å². The van der Waals surface area contributed by atoms with Gasteiger partial charge in [-0.2, -0.15) is 0 Å². The highest BCUT2D eigenvalue weighted by molar-refractivity contribution is 6.18. The van der Waals surface area contributed by atoms with Gasteiger partial charge in [0.05, 0.1) is 0 Å². The number of benzene rings is 1. The molecular weight excluding hydrogens is 289 g/mol. The molecule has 21 heavy (non-hydrogen) atoms. The SMILES string of the molecule is Fc1ccc2c(c1)CC(CN(CCCl)C1CCCCC1)O2. The van der Waals surface area contributed by atoms with Crippen LogP contribution < -0.4 is 4.74 Å². The molecule has 1 aromatic rings. The standard InChI is InChI=1S/C17H23ClFNO/c18-8-9-20(15-4-2-1-3-5-15)12-16-11-13-10-14(19)6-7-17(13)21-16/h6-7,10,15-16H,1-5,8-9,11-12H2. The van der Waals surface area contributed by atoms with Crippen LogP contribution in [0.5, 0.6) is 5.75 Å². The number of nitrogens with zero attached hydrogens (tertiary/aromatic N) is 1. The summed E-state index contributed by atoms with van der Waals surface area (Å²) in [7, 11) is 0. The lowest BCUT2D eigenvalue weighted by Gasteiger charge is -2.35. The summed E-state index contributed by atoms with van der Waals surface area (Å²) in [5.41, 5.74) is 0.995. The average molecular weight is 312 g/mol. The van der Waals surface area contributed by atoms with Crippen molar-refractivity contribution in [3.63, 3.8) is 0 Å². The topological polar surface area (TPSA) is 12.5 Å². The van der Waals surface area contributed by atoms with Crippen LogP contribution in [-0.4, -0.2) is 36.0 Å². The minimum Gasteiger partial charge on any atom is -0.488 e. The summed E-state index contributed by atoms with van der Waals surface area (Å²) >= 11 is 5.98. The Labute approximate surface area is 131 Å². The highest BCUT2D eigenvalue weighted by Gasteiger charge is 2.28. The summed E-state index contributed by atoms with van der Waals surface area (Å²) in [5, 5.41) is 0. The van der Waals surface area contributed by atoms with E-state index in [1.165, 1.54) is 38.2 Å². The molecule has 1 aliphatic heterocycles. The van der Waals surface area contributed by atoms with Crippen molar-refractivity contribution >= 4 is 11.6 Å². The van der Waals surface area contributed by atoms with E-state index in [1.54, 1.807) is 12.1 Å². The molecular formula is C17H23ClFNO. The van der Waals surface area contributed by atoms with E-state index >= 15 is 0 Å². The van der Waals surface area contributed by atoms with E-state index in [9.17, 15) is 4.39 Å². The van der Waals surface area contributed by atoms with E-state index in [2.05, 4.69) is 4.90 Å². The van der Waals surface area contributed by atoms with Crippen molar-refractivity contribution in [1.82, 2.24) is 4.90 Å². The summed E-state index contributed by atoms with van der Waals surface area (Å²) < 4.78 is 19.3. The van der Waals surface area contributed by atoms with E-state index in [0.717, 1.165) is 30.8 Å². The molecule has 0 radical (unpaired) electrons. The fourth-order valence-electron chi connectivity index (χ4n) is 3.63. The largest absolute Gasteiger partial charge is 0.488 e. The second kappa shape index (κ2) is 6.97. The van der Waals surface area contributed by atoms with Crippen LogP contribution >= 0.6 is 11.6 Å². The smallest absolute Gasteiger partial charge is 0.123 e. The van der Waals surface area contributed by atoms with Gasteiger partial charge in [-0.05, 0) is 31.0 Å². The summed E-state index contributed by atoms with van der Waals surface area (Å²) in [5.74, 6) is 1.32. The van der Waals surface area contributed by atoms with Crippen molar-refractivity contribution in [3.05, 3.63) is 29.6 Å². The molecule has 4 heteroatoms. The number of alkyl halides is 1. The Morgan fingerprint density at radius 2 is 2.05 bits per heavy atom. The Bertz CT molecular complexity index is 476. The van der Waals surface area contributed by atoms with Crippen LogP contribution in [0.3, 0.4) is 0 Å². The van der Waals surface area contributed by atoms with Gasteiger partial charge >= 0.3 is 0 Å². The highest BCUT2D eigenvalue weighted by Crippen LogP contribution is 2.31. The van der Waals surface area contributed by atoms with Gasteiger partial charge in [-0.25, -0.2) is 4.39 Å². The van der Waals surface area contributed by atoms with Gasteiger partial charge in [-0.15, -0.1) is 11.6 Å². The first-order valence-corrected chi connectivity index (χ1v) is 8.55. The van der Waals surface area contributed by atoms with Crippen LogP contribution in [0.4, 0.5) is 4.39 Å². The van der Waals surface area contributed by atoms with Crippen molar-refractivity contribution in [3.8, 4) is 5.75 Å². The molecule has 1 saturated carbocycles. The Kier molecular flexibility index (Phi) is 5.02. The summed E-state index contributed by atoms with van der Waals surface area (Å²) in [6, 6.07) is 5.46. The molecule has 0 spiro atoms. The molecule has 0 saturated heterocycles. The van der Waals surface area contributed by atoms with Gasteiger partial charge in [0.1, 0.15) is 17.7 Å². The zero-order chi connectivity index (χ0) is 14.7. The molecule has 116 valence electrons. The van der Waals surface area contributed by atoms with Crippen molar-refractivity contribution in [2.45, 2.75) is 50.7 Å². The molecule has 3 rings (SSSR count). The summed E-state index contributed by atoms with van der Waals surface area (Å²) in [4.78, 5) is 2.49. The number of hydrogen-bond donors (Lipinski definition) is 0. The molecule has 1 unspecified atom stereocenters. The first kappa shape index (κ1) is 15.1. The van der Waals surface area contributed by atoms with Gasteiger partial charge in [-0.3, -0.25) is 4.90 Å². The zero-order valence-corrected chi connectivity index (χ0v) is 13.1. The minimum absolute atomic E-state index is 0.131. The average Bonchev–Trinajstić information content (AvgIpc) is 2.89. The van der Waals surface area contributed by atoms with Gasteiger partial charge in [0.25, 0.3) is 0 Å². The van der Waals surface area contributed by atoms with Crippen molar-refractivity contribution in [2.75, 3.05) is 19.0 Å². The Balaban J connectivity index is 1.61. The predicted molar refractivity (Wildman–Crippen MR) is 83.7 cm³/mol. The second-order valence-corrected chi connectivity index (χ2v) is 6.55. The third kappa shape index (κ3) is 3.70. The van der Waals surface area contributed by atoms with E-state index in [1.807, 2.05) is 0 Å². The second-order valence-electron chi connectivity index (χ2n) is 6.17. The third-order valence-electron chi connectivity index (χ3n) is 4.66. The lowest BCUT2D eigenvalue weighted by atomic mass is 9.94. The maximum absolute atomic E-state index is 13.3. The summed E-state index contributed by atoms with van der Waals surface area (Å²) in [6.45, 7) is 1.81. The van der Waals surface area contributed by atoms with E-state index < -0.39 is 0 Å². The van der Waals surface area contributed by atoms with Crippen LogP contribution in [-0.2, 0) is 6.42 Å². The molecule has 2 aliphatic rings. The molecule has 1 heterocycles. The molecule has 0 bridgehead atoms. The first-order chi connectivity index (χ1) is 10.3. The summed E-state index contributed by atoms with van der Waals surface area (Å²) in [6.07, 6.45) is 7.47. The van der Waals surface area contributed by atoms with Crippen LogP contribution in [0.25, 0.3) is 0 Å². The minimum atomic E-state index is -0.178. The number of rotatable bonds is 5. The molecule has 1 atom stereocenters. The lowest BCUT2D eigenvalue weighted by molar-refractivity contribution is 0.102. The Morgan fingerprint density at radius 1 is 1.24 bits per heavy atom. The van der Waals surface area contributed by atoms with Crippen LogP contribution in [0.15, 0.2) is 18.2 Å². The molecule has 1 aromatic carbocycles. The molecule has 0 aromatic heterocycles. The van der Waals surface area contributed by atoms with Gasteiger partial charge in [0.15, 0.2) is 0 Å². The number of halogens is 2. The third-order valence-corrected chi connectivity index (χ3v) is 4.83. The zero-order valence-electron chi connectivity index (χ0n) is 12.4. The van der Waals surface area contributed by atoms with Gasteiger partial charge in [-0.1, -0.05) is 19.3 Å². The van der Waals surface area contributed by atoms with Crippen molar-refractivity contribution in [1.29, 1.82) is 0 Å². The van der Waals surface area contributed by atoms with Gasteiger partial charge in [0, 0.05) is 37.0 Å². The van der Waals surface area contributed by atoms with E-state index in [4.69, 9.17) is 16.3 Å². The molecule has 0 N–H and O–H groups in total. The van der Waals surface area contributed by atoms with Crippen LogP contribution in [0.2, 0.25) is 0 Å². The predicted octanol–water partition coefficient (Wildman–Crippen LogP) is 4.00. The Hall–Kier alpha value is -0.800. The fraction of sp³-hybridized carbons (Fsp3) is 0.647. The Morgan fingerprint density at radius 3 is 2.81 bits per heavy atom. The molecule has 1 fully saturated rings. The van der Waals surface area contributed by atoms with E-state index in [-0.39, 0.29) is 11.9 Å². The fourth-order valence-corrected chi connectivity index (χ4v) is 3.85. The normalized spacial score (nSPS) is 22.3. The monoisotopic (exact) mass is 311 g/mol.